The molecular formula is C18H35NO3Si. The van der Waals surface area contributed by atoms with E-state index in [-0.39, 0.29) is 23.3 Å². The Labute approximate surface area is 143 Å². The van der Waals surface area contributed by atoms with Crippen LogP contribution in [0.25, 0.3) is 0 Å². The van der Waals surface area contributed by atoms with Gasteiger partial charge in [-0.1, -0.05) is 32.9 Å². The molecule has 0 radical (unpaired) electrons. The largest absolute Gasteiger partial charge is 0.444 e. The summed E-state index contributed by atoms with van der Waals surface area (Å²) in [7, 11) is -1.80. The smallest absolute Gasteiger partial charge is 0.407 e. The fraction of sp³-hybridized carbons (Fsp3) is 0.833. The number of nitrogens with one attached hydrogen (secondary N) is 1. The van der Waals surface area contributed by atoms with E-state index in [9.17, 15) is 4.79 Å². The van der Waals surface area contributed by atoms with Gasteiger partial charge in [-0.05, 0) is 58.2 Å². The molecule has 0 saturated carbocycles. The summed E-state index contributed by atoms with van der Waals surface area (Å²) in [5, 5.41) is 3.18. The van der Waals surface area contributed by atoms with Crippen molar-refractivity contribution in [3.05, 3.63) is 12.2 Å². The fourth-order valence-electron chi connectivity index (χ4n) is 2.30. The third-order valence-electron chi connectivity index (χ3n) is 4.52. The highest BCUT2D eigenvalue weighted by Gasteiger charge is 2.39. The molecule has 4 nitrogen and oxygen atoms in total. The number of alkyl carbamates (subject to hydrolysis) is 1. The van der Waals surface area contributed by atoms with E-state index in [1.807, 2.05) is 20.8 Å². The van der Waals surface area contributed by atoms with Crippen LogP contribution in [0.3, 0.4) is 0 Å². The molecule has 5 heteroatoms. The van der Waals surface area contributed by atoms with Crippen molar-refractivity contribution in [2.24, 2.45) is 0 Å². The number of carbonyl (C=O) groups is 1. The monoisotopic (exact) mass is 341 g/mol. The summed E-state index contributed by atoms with van der Waals surface area (Å²) in [6.45, 7) is 16.9. The van der Waals surface area contributed by atoms with Crippen molar-refractivity contribution in [2.75, 3.05) is 0 Å². The minimum Gasteiger partial charge on any atom is -0.444 e. The molecule has 0 aromatic rings. The van der Waals surface area contributed by atoms with E-state index in [0.717, 1.165) is 19.3 Å². The van der Waals surface area contributed by atoms with Gasteiger partial charge in [0.25, 0.3) is 0 Å². The molecule has 1 N–H and O–H groups in total. The van der Waals surface area contributed by atoms with Crippen LogP contribution in [-0.4, -0.2) is 32.2 Å². The SMILES string of the molecule is CC(C)(C)OC(=O)N[C@@H]1CC=CC[C@@H](O[Si](C)(C)C(C)(C)C)C1. The minimum atomic E-state index is -1.80. The Bertz CT molecular complexity index is 433. The summed E-state index contributed by atoms with van der Waals surface area (Å²) in [6.07, 6.45) is 6.71. The molecule has 0 bridgehead atoms. The van der Waals surface area contributed by atoms with Crippen LogP contribution in [0.15, 0.2) is 12.2 Å². The summed E-state index contributed by atoms with van der Waals surface area (Å²) < 4.78 is 11.9. The topological polar surface area (TPSA) is 47.6 Å². The number of amides is 1. The molecule has 23 heavy (non-hydrogen) atoms. The van der Waals surface area contributed by atoms with Crippen molar-refractivity contribution in [3.63, 3.8) is 0 Å². The number of hydrogen-bond donors (Lipinski definition) is 1. The molecule has 0 saturated heterocycles. The summed E-state index contributed by atoms with van der Waals surface area (Å²) in [6, 6.07) is 0.0679. The Morgan fingerprint density at radius 1 is 1.09 bits per heavy atom. The summed E-state index contributed by atoms with van der Waals surface area (Å²) >= 11 is 0. The maximum atomic E-state index is 12.0. The van der Waals surface area contributed by atoms with Crippen LogP contribution in [0.4, 0.5) is 4.79 Å². The molecule has 1 aliphatic rings. The van der Waals surface area contributed by atoms with Crippen molar-refractivity contribution >= 4 is 14.4 Å². The van der Waals surface area contributed by atoms with Crippen LogP contribution < -0.4 is 5.32 Å². The lowest BCUT2D eigenvalue weighted by atomic mass is 10.1. The first-order valence-corrected chi connectivity index (χ1v) is 11.5. The Morgan fingerprint density at radius 2 is 1.65 bits per heavy atom. The van der Waals surface area contributed by atoms with Crippen molar-refractivity contribution in [1.82, 2.24) is 5.32 Å². The third kappa shape index (κ3) is 7.08. The first-order chi connectivity index (χ1) is 10.3. The summed E-state index contributed by atoms with van der Waals surface area (Å²) in [4.78, 5) is 12.0. The molecule has 0 heterocycles. The first-order valence-electron chi connectivity index (χ1n) is 8.62. The van der Waals surface area contributed by atoms with E-state index in [0.29, 0.717) is 0 Å². The van der Waals surface area contributed by atoms with Crippen LogP contribution >= 0.6 is 0 Å². The van der Waals surface area contributed by atoms with E-state index >= 15 is 0 Å². The first kappa shape index (κ1) is 20.2. The number of hydrogen-bond acceptors (Lipinski definition) is 3. The molecule has 2 atom stereocenters. The Hall–Kier alpha value is -0.813. The average Bonchev–Trinajstić information content (AvgIpc) is 2.49. The molecule has 0 fully saturated rings. The van der Waals surface area contributed by atoms with Gasteiger partial charge < -0.3 is 14.5 Å². The molecule has 1 rings (SSSR count). The number of ether oxygens (including phenoxy) is 1. The van der Waals surface area contributed by atoms with Gasteiger partial charge in [-0.25, -0.2) is 4.79 Å². The Balaban J connectivity index is 2.65. The molecule has 0 unspecified atom stereocenters. The van der Waals surface area contributed by atoms with Gasteiger partial charge in [-0.2, -0.15) is 0 Å². The van der Waals surface area contributed by atoms with E-state index in [4.69, 9.17) is 9.16 Å². The van der Waals surface area contributed by atoms with Crippen molar-refractivity contribution < 1.29 is 14.0 Å². The van der Waals surface area contributed by atoms with Crippen molar-refractivity contribution in [3.8, 4) is 0 Å². The van der Waals surface area contributed by atoms with Gasteiger partial charge in [0.2, 0.25) is 0 Å². The highest BCUT2D eigenvalue weighted by Crippen LogP contribution is 2.38. The molecule has 134 valence electrons. The summed E-state index contributed by atoms with van der Waals surface area (Å²) in [5.74, 6) is 0. The zero-order valence-corrected chi connectivity index (χ0v) is 17.2. The molecule has 0 spiro atoms. The van der Waals surface area contributed by atoms with Crippen molar-refractivity contribution in [2.45, 2.75) is 96.7 Å². The molecule has 1 amide bonds. The molecule has 0 aromatic carbocycles. The highest BCUT2D eigenvalue weighted by atomic mass is 28.4. The van der Waals surface area contributed by atoms with Gasteiger partial charge in [-0.15, -0.1) is 0 Å². The number of rotatable bonds is 3. The van der Waals surface area contributed by atoms with Crippen molar-refractivity contribution in [1.29, 1.82) is 0 Å². The van der Waals surface area contributed by atoms with E-state index in [1.165, 1.54) is 0 Å². The van der Waals surface area contributed by atoms with Crippen LogP contribution in [0.2, 0.25) is 18.1 Å². The second-order valence-corrected chi connectivity index (χ2v) is 13.8. The average molecular weight is 342 g/mol. The lowest BCUT2D eigenvalue weighted by Crippen LogP contribution is -2.46. The maximum absolute atomic E-state index is 12.0. The van der Waals surface area contributed by atoms with Gasteiger partial charge in [0.15, 0.2) is 8.32 Å². The van der Waals surface area contributed by atoms with E-state index in [2.05, 4.69) is 51.3 Å². The lowest BCUT2D eigenvalue weighted by Gasteiger charge is -2.39. The minimum absolute atomic E-state index is 0.0679. The highest BCUT2D eigenvalue weighted by molar-refractivity contribution is 6.74. The summed E-state index contributed by atoms with van der Waals surface area (Å²) in [5.41, 5.74) is -0.471. The van der Waals surface area contributed by atoms with Crippen LogP contribution in [-0.2, 0) is 9.16 Å². The van der Waals surface area contributed by atoms with E-state index < -0.39 is 13.9 Å². The number of carbonyl (C=O) groups excluding carboxylic acids is 1. The van der Waals surface area contributed by atoms with Gasteiger partial charge in [0.1, 0.15) is 5.60 Å². The van der Waals surface area contributed by atoms with Crippen LogP contribution in [0.1, 0.15) is 60.8 Å². The Morgan fingerprint density at radius 3 is 2.17 bits per heavy atom. The molecule has 1 aliphatic carbocycles. The zero-order valence-electron chi connectivity index (χ0n) is 16.2. The molecule has 0 aliphatic heterocycles. The van der Waals surface area contributed by atoms with E-state index in [1.54, 1.807) is 0 Å². The molecule has 0 aromatic heterocycles. The fourth-order valence-corrected chi connectivity index (χ4v) is 3.68. The standard InChI is InChI=1S/C18H35NO3Si/c1-17(2,3)21-16(20)19-14-11-9-10-12-15(13-14)22-23(7,8)18(4,5)6/h9-10,14-15H,11-13H2,1-8H3,(H,19,20)/t14-,15-/m1/s1. The zero-order chi connectivity index (χ0) is 17.9. The van der Waals surface area contributed by atoms with Gasteiger partial charge in [0, 0.05) is 6.04 Å². The van der Waals surface area contributed by atoms with Gasteiger partial charge in [0.05, 0.1) is 6.10 Å². The predicted octanol–water partition coefficient (Wildman–Crippen LogP) is 5.01. The van der Waals surface area contributed by atoms with Gasteiger partial charge in [-0.3, -0.25) is 0 Å². The Kier molecular flexibility index (Phi) is 6.50. The third-order valence-corrected chi connectivity index (χ3v) is 9.06. The normalized spacial score (nSPS) is 23.3. The van der Waals surface area contributed by atoms with Crippen LogP contribution in [0.5, 0.6) is 0 Å². The van der Waals surface area contributed by atoms with Crippen LogP contribution in [0, 0.1) is 0 Å². The van der Waals surface area contributed by atoms with Gasteiger partial charge >= 0.3 is 6.09 Å². The molecular weight excluding hydrogens is 306 g/mol. The maximum Gasteiger partial charge on any atom is 0.407 e. The quantitative estimate of drug-likeness (QED) is 0.580. The predicted molar refractivity (Wildman–Crippen MR) is 98.2 cm³/mol. The second-order valence-electron chi connectivity index (χ2n) is 9.02. The lowest BCUT2D eigenvalue weighted by molar-refractivity contribution is 0.0489. The second kappa shape index (κ2) is 7.39.